The van der Waals surface area contributed by atoms with Crippen LogP contribution < -0.4 is 9.47 Å². The summed E-state index contributed by atoms with van der Waals surface area (Å²) in [6, 6.07) is 3.43. The molecular formula is C11H11BrO4. The van der Waals surface area contributed by atoms with Gasteiger partial charge >= 0.3 is 0 Å². The largest absolute Gasteiger partial charge is 0.497 e. The van der Waals surface area contributed by atoms with E-state index in [0.717, 1.165) is 6.29 Å². The molecule has 0 atom stereocenters. The van der Waals surface area contributed by atoms with E-state index >= 15 is 0 Å². The Bertz CT molecular complexity index is 401. The van der Waals surface area contributed by atoms with Crippen LogP contribution in [0.25, 0.3) is 0 Å². The first-order valence-electron chi connectivity index (χ1n) is 4.81. The van der Waals surface area contributed by atoms with E-state index in [1.54, 1.807) is 19.2 Å². The molecule has 4 nitrogen and oxygen atoms in total. The number of hydrogen-bond donors (Lipinski definition) is 0. The van der Waals surface area contributed by atoms with Crippen molar-refractivity contribution >= 4 is 22.2 Å². The summed E-state index contributed by atoms with van der Waals surface area (Å²) < 4.78 is 16.4. The van der Waals surface area contributed by atoms with Crippen LogP contribution in [0.1, 0.15) is 10.4 Å². The second-order valence-electron chi connectivity index (χ2n) is 3.42. The molecule has 1 aromatic rings. The summed E-state index contributed by atoms with van der Waals surface area (Å²) in [5.41, 5.74) is 0.493. The van der Waals surface area contributed by atoms with E-state index in [4.69, 9.17) is 14.2 Å². The van der Waals surface area contributed by atoms with Gasteiger partial charge in [-0.3, -0.25) is 4.79 Å². The van der Waals surface area contributed by atoms with Crippen LogP contribution in [0.4, 0.5) is 0 Å². The van der Waals surface area contributed by atoms with Gasteiger partial charge in [0.15, 0.2) is 6.29 Å². The van der Waals surface area contributed by atoms with Gasteiger partial charge in [0.05, 0.1) is 25.9 Å². The Hall–Kier alpha value is -1.07. The van der Waals surface area contributed by atoms with Crippen molar-refractivity contribution in [3.63, 3.8) is 0 Å². The first kappa shape index (κ1) is 11.4. The Morgan fingerprint density at radius 1 is 1.50 bits per heavy atom. The SMILES string of the molecule is COc1cc(Br)c(C=O)c(OC2COC2)c1. The summed E-state index contributed by atoms with van der Waals surface area (Å²) in [6.45, 7) is 1.13. The van der Waals surface area contributed by atoms with Crippen molar-refractivity contribution in [2.24, 2.45) is 0 Å². The van der Waals surface area contributed by atoms with Gasteiger partial charge in [-0.2, -0.15) is 0 Å². The zero-order chi connectivity index (χ0) is 11.5. The number of aldehydes is 1. The zero-order valence-electron chi connectivity index (χ0n) is 8.73. The zero-order valence-corrected chi connectivity index (χ0v) is 10.3. The lowest BCUT2D eigenvalue weighted by atomic mass is 10.2. The predicted octanol–water partition coefficient (Wildman–Crippen LogP) is 2.05. The van der Waals surface area contributed by atoms with Crippen LogP contribution in [-0.2, 0) is 4.74 Å². The van der Waals surface area contributed by atoms with Gasteiger partial charge in [-0.15, -0.1) is 0 Å². The number of rotatable bonds is 4. The summed E-state index contributed by atoms with van der Waals surface area (Å²) in [6.07, 6.45) is 0.788. The van der Waals surface area contributed by atoms with Crippen molar-refractivity contribution in [2.45, 2.75) is 6.10 Å². The van der Waals surface area contributed by atoms with Crippen LogP contribution in [0.15, 0.2) is 16.6 Å². The maximum atomic E-state index is 11.0. The number of ether oxygens (including phenoxy) is 3. The predicted molar refractivity (Wildman–Crippen MR) is 61.3 cm³/mol. The Morgan fingerprint density at radius 2 is 2.25 bits per heavy atom. The molecule has 0 aliphatic carbocycles. The van der Waals surface area contributed by atoms with Gasteiger partial charge in [-0.05, 0) is 22.0 Å². The average Bonchev–Trinajstić information content (AvgIpc) is 2.22. The molecule has 2 rings (SSSR count). The number of halogens is 1. The number of benzene rings is 1. The topological polar surface area (TPSA) is 44.8 Å². The molecule has 0 bridgehead atoms. The van der Waals surface area contributed by atoms with E-state index in [-0.39, 0.29) is 6.10 Å². The van der Waals surface area contributed by atoms with Crippen LogP contribution in [0.5, 0.6) is 11.5 Å². The first-order chi connectivity index (χ1) is 7.74. The smallest absolute Gasteiger partial charge is 0.154 e. The highest BCUT2D eigenvalue weighted by molar-refractivity contribution is 9.10. The van der Waals surface area contributed by atoms with E-state index in [2.05, 4.69) is 15.9 Å². The number of methoxy groups -OCH3 is 1. The van der Waals surface area contributed by atoms with Crippen LogP contribution in [-0.4, -0.2) is 32.7 Å². The van der Waals surface area contributed by atoms with Crippen LogP contribution in [0.3, 0.4) is 0 Å². The van der Waals surface area contributed by atoms with E-state index in [0.29, 0.717) is 34.7 Å². The van der Waals surface area contributed by atoms with Gasteiger partial charge in [-0.1, -0.05) is 0 Å². The molecule has 1 aliphatic heterocycles. The van der Waals surface area contributed by atoms with Crippen molar-refractivity contribution in [2.75, 3.05) is 20.3 Å². The Kier molecular flexibility index (Phi) is 3.46. The fourth-order valence-electron chi connectivity index (χ4n) is 1.36. The molecule has 0 N–H and O–H groups in total. The maximum absolute atomic E-state index is 11.0. The third kappa shape index (κ3) is 2.20. The summed E-state index contributed by atoms with van der Waals surface area (Å²) in [5, 5.41) is 0. The van der Waals surface area contributed by atoms with Crippen molar-refractivity contribution < 1.29 is 19.0 Å². The summed E-state index contributed by atoms with van der Waals surface area (Å²) in [4.78, 5) is 11.0. The molecule has 16 heavy (non-hydrogen) atoms. The van der Waals surface area contributed by atoms with Crippen LogP contribution in [0.2, 0.25) is 0 Å². The summed E-state index contributed by atoms with van der Waals surface area (Å²) in [5.74, 6) is 1.17. The summed E-state index contributed by atoms with van der Waals surface area (Å²) >= 11 is 3.31. The highest BCUT2D eigenvalue weighted by Crippen LogP contribution is 2.32. The molecule has 1 heterocycles. The normalized spacial score (nSPS) is 15.4. The third-order valence-electron chi connectivity index (χ3n) is 2.32. The minimum absolute atomic E-state index is 0.0257. The fraction of sp³-hybridized carbons (Fsp3) is 0.364. The molecule has 0 amide bonds. The third-order valence-corrected chi connectivity index (χ3v) is 2.98. The van der Waals surface area contributed by atoms with Crippen molar-refractivity contribution in [3.05, 3.63) is 22.2 Å². The molecule has 0 aromatic heterocycles. The van der Waals surface area contributed by atoms with Gasteiger partial charge in [0.25, 0.3) is 0 Å². The average molecular weight is 287 g/mol. The van der Waals surface area contributed by atoms with Gasteiger partial charge in [0.1, 0.15) is 17.6 Å². The second-order valence-corrected chi connectivity index (χ2v) is 4.27. The highest BCUT2D eigenvalue weighted by Gasteiger charge is 2.22. The lowest BCUT2D eigenvalue weighted by molar-refractivity contribution is -0.0798. The van der Waals surface area contributed by atoms with E-state index < -0.39 is 0 Å². The van der Waals surface area contributed by atoms with Gasteiger partial charge < -0.3 is 14.2 Å². The Morgan fingerprint density at radius 3 is 2.75 bits per heavy atom. The Balaban J connectivity index is 2.30. The highest BCUT2D eigenvalue weighted by atomic mass is 79.9. The monoisotopic (exact) mass is 286 g/mol. The van der Waals surface area contributed by atoms with Crippen molar-refractivity contribution in [3.8, 4) is 11.5 Å². The molecule has 86 valence electrons. The Labute approximate surface area is 102 Å². The molecule has 5 heteroatoms. The number of carbonyl (C=O) groups excluding carboxylic acids is 1. The molecular weight excluding hydrogens is 276 g/mol. The second kappa shape index (κ2) is 4.84. The molecule has 1 aromatic carbocycles. The minimum Gasteiger partial charge on any atom is -0.497 e. The van der Waals surface area contributed by atoms with Crippen molar-refractivity contribution in [1.82, 2.24) is 0 Å². The lowest BCUT2D eigenvalue weighted by Crippen LogP contribution is -2.38. The molecule has 0 saturated carbocycles. The van der Waals surface area contributed by atoms with E-state index in [9.17, 15) is 4.79 Å². The van der Waals surface area contributed by atoms with Crippen LogP contribution >= 0.6 is 15.9 Å². The molecule has 0 unspecified atom stereocenters. The van der Waals surface area contributed by atoms with Crippen molar-refractivity contribution in [1.29, 1.82) is 0 Å². The van der Waals surface area contributed by atoms with E-state index in [1.807, 2.05) is 0 Å². The molecule has 0 radical (unpaired) electrons. The van der Waals surface area contributed by atoms with Gasteiger partial charge in [-0.25, -0.2) is 0 Å². The van der Waals surface area contributed by atoms with Gasteiger partial charge in [0, 0.05) is 10.5 Å². The van der Waals surface area contributed by atoms with Gasteiger partial charge in [0.2, 0.25) is 0 Å². The number of hydrogen-bond acceptors (Lipinski definition) is 4. The lowest BCUT2D eigenvalue weighted by Gasteiger charge is -2.27. The first-order valence-corrected chi connectivity index (χ1v) is 5.61. The molecule has 1 saturated heterocycles. The minimum atomic E-state index is 0.0257. The maximum Gasteiger partial charge on any atom is 0.154 e. The quantitative estimate of drug-likeness (QED) is 0.795. The fourth-order valence-corrected chi connectivity index (χ4v) is 1.87. The molecule has 0 spiro atoms. The van der Waals surface area contributed by atoms with Crippen LogP contribution in [0, 0.1) is 0 Å². The summed E-state index contributed by atoms with van der Waals surface area (Å²) in [7, 11) is 1.57. The number of carbonyl (C=O) groups is 1. The standard InChI is InChI=1S/C11H11BrO4/c1-14-7-2-10(12)9(4-13)11(3-7)16-8-5-15-6-8/h2-4,8H,5-6H2,1H3. The molecule has 1 fully saturated rings. The molecule has 1 aliphatic rings. The van der Waals surface area contributed by atoms with E-state index in [1.165, 1.54) is 0 Å².